The molecule has 0 saturated carbocycles. The molecule has 0 fully saturated rings. The molecule has 0 radical (unpaired) electrons. The summed E-state index contributed by atoms with van der Waals surface area (Å²) in [4.78, 5) is 11.9. The molecule has 0 bridgehead atoms. The van der Waals surface area contributed by atoms with Gasteiger partial charge in [-0.2, -0.15) is 0 Å². The maximum absolute atomic E-state index is 11.9. The first kappa shape index (κ1) is 16.6. The van der Waals surface area contributed by atoms with Crippen molar-refractivity contribution in [1.29, 1.82) is 0 Å². The Morgan fingerprint density at radius 3 is 2.55 bits per heavy atom. The van der Waals surface area contributed by atoms with Crippen LogP contribution in [0.25, 0.3) is 0 Å². The molecular weight excluding hydrogens is 280 g/mol. The molecule has 6 heteroatoms. The van der Waals surface area contributed by atoms with E-state index in [-0.39, 0.29) is 37.1 Å². The van der Waals surface area contributed by atoms with Gasteiger partial charge in [0.1, 0.15) is 0 Å². The summed E-state index contributed by atoms with van der Waals surface area (Å²) in [5, 5.41) is 2.91. The Balaban J connectivity index is 0.00000200. The van der Waals surface area contributed by atoms with Gasteiger partial charge in [-0.15, -0.1) is 12.4 Å². The van der Waals surface area contributed by atoms with Crippen LogP contribution in [0.4, 0.5) is 0 Å². The van der Waals surface area contributed by atoms with Crippen molar-refractivity contribution in [3.63, 3.8) is 0 Å². The Morgan fingerprint density at radius 1 is 1.25 bits per heavy atom. The van der Waals surface area contributed by atoms with Gasteiger partial charge in [-0.05, 0) is 30.5 Å². The number of ether oxygens (including phenoxy) is 2. The molecule has 2 atom stereocenters. The molecule has 0 aliphatic carbocycles. The van der Waals surface area contributed by atoms with E-state index in [1.54, 1.807) is 0 Å². The number of halogens is 1. The molecule has 1 aromatic rings. The van der Waals surface area contributed by atoms with Crippen molar-refractivity contribution in [1.82, 2.24) is 5.32 Å². The third-order valence-corrected chi connectivity index (χ3v) is 3.28. The molecular formula is C14H21ClN2O3. The maximum Gasteiger partial charge on any atom is 0.237 e. The van der Waals surface area contributed by atoms with E-state index in [1.165, 1.54) is 0 Å². The molecule has 1 amide bonds. The standard InChI is InChI=1S/C14H20N2O3.ClH/c1-8(2)13(15)14(17)16-9(3)10-4-5-11-12(6-10)19-7-18-11;/h4-6,8-9,13H,7,15H2,1-3H3,(H,16,17);1H/t9?,13-;/m1./s1. The molecule has 112 valence electrons. The number of fused-ring (bicyclic) bond motifs is 1. The Morgan fingerprint density at radius 2 is 1.90 bits per heavy atom. The minimum absolute atomic E-state index is 0. The van der Waals surface area contributed by atoms with E-state index >= 15 is 0 Å². The Labute approximate surface area is 125 Å². The number of carbonyl (C=O) groups excluding carboxylic acids is 1. The highest BCUT2D eigenvalue weighted by Crippen LogP contribution is 2.34. The number of benzene rings is 1. The van der Waals surface area contributed by atoms with Crippen LogP contribution in [0.3, 0.4) is 0 Å². The van der Waals surface area contributed by atoms with Gasteiger partial charge in [0.05, 0.1) is 12.1 Å². The van der Waals surface area contributed by atoms with Crippen LogP contribution in [0, 0.1) is 5.92 Å². The Kier molecular flexibility index (Phi) is 5.65. The van der Waals surface area contributed by atoms with Gasteiger partial charge in [0.2, 0.25) is 12.7 Å². The fourth-order valence-corrected chi connectivity index (χ4v) is 1.88. The van der Waals surface area contributed by atoms with E-state index in [1.807, 2.05) is 39.0 Å². The molecule has 20 heavy (non-hydrogen) atoms. The van der Waals surface area contributed by atoms with Gasteiger partial charge in [-0.1, -0.05) is 19.9 Å². The SMILES string of the molecule is CC(NC(=O)[C@H](N)C(C)C)c1ccc2c(c1)OCO2.Cl. The van der Waals surface area contributed by atoms with Gasteiger partial charge < -0.3 is 20.5 Å². The predicted octanol–water partition coefficient (Wildman–Crippen LogP) is 2.00. The minimum Gasteiger partial charge on any atom is -0.454 e. The summed E-state index contributed by atoms with van der Waals surface area (Å²) in [5.41, 5.74) is 6.79. The fraction of sp³-hybridized carbons (Fsp3) is 0.500. The van der Waals surface area contributed by atoms with Crippen molar-refractivity contribution in [3.05, 3.63) is 23.8 Å². The zero-order chi connectivity index (χ0) is 14.0. The van der Waals surface area contributed by atoms with E-state index < -0.39 is 6.04 Å². The molecule has 3 N–H and O–H groups in total. The minimum atomic E-state index is -0.489. The van der Waals surface area contributed by atoms with Crippen molar-refractivity contribution in [2.75, 3.05) is 6.79 Å². The lowest BCUT2D eigenvalue weighted by Crippen LogP contribution is -2.44. The summed E-state index contributed by atoms with van der Waals surface area (Å²) in [7, 11) is 0. The highest BCUT2D eigenvalue weighted by atomic mass is 35.5. The molecule has 1 aliphatic rings. The number of nitrogens with two attached hydrogens (primary N) is 1. The van der Waals surface area contributed by atoms with Gasteiger partial charge in [0.15, 0.2) is 11.5 Å². The highest BCUT2D eigenvalue weighted by Gasteiger charge is 2.21. The van der Waals surface area contributed by atoms with E-state index in [2.05, 4.69) is 5.32 Å². The smallest absolute Gasteiger partial charge is 0.237 e. The molecule has 0 saturated heterocycles. The van der Waals surface area contributed by atoms with Gasteiger partial charge in [-0.25, -0.2) is 0 Å². The average Bonchev–Trinajstić information content (AvgIpc) is 2.84. The largest absolute Gasteiger partial charge is 0.454 e. The quantitative estimate of drug-likeness (QED) is 0.892. The third-order valence-electron chi connectivity index (χ3n) is 3.28. The van der Waals surface area contributed by atoms with Gasteiger partial charge in [0.25, 0.3) is 0 Å². The number of rotatable bonds is 4. The maximum atomic E-state index is 11.9. The Hall–Kier alpha value is -1.46. The number of hydrogen-bond donors (Lipinski definition) is 2. The first-order chi connectivity index (χ1) is 8.99. The van der Waals surface area contributed by atoms with Crippen molar-refractivity contribution >= 4 is 18.3 Å². The summed E-state index contributed by atoms with van der Waals surface area (Å²) < 4.78 is 10.6. The van der Waals surface area contributed by atoms with Crippen LogP contribution in [0.2, 0.25) is 0 Å². The molecule has 1 aromatic carbocycles. The first-order valence-electron chi connectivity index (χ1n) is 6.44. The Bertz CT molecular complexity index is 479. The van der Waals surface area contributed by atoms with E-state index in [4.69, 9.17) is 15.2 Å². The van der Waals surface area contributed by atoms with Crippen LogP contribution in [-0.4, -0.2) is 18.7 Å². The zero-order valence-corrected chi connectivity index (χ0v) is 12.7. The van der Waals surface area contributed by atoms with Crippen LogP contribution in [0.5, 0.6) is 11.5 Å². The molecule has 1 aliphatic heterocycles. The molecule has 0 aromatic heterocycles. The fourth-order valence-electron chi connectivity index (χ4n) is 1.88. The van der Waals surface area contributed by atoms with E-state index in [0.29, 0.717) is 5.75 Å². The topological polar surface area (TPSA) is 73.6 Å². The molecule has 0 spiro atoms. The monoisotopic (exact) mass is 300 g/mol. The molecule has 1 unspecified atom stereocenters. The lowest BCUT2D eigenvalue weighted by atomic mass is 10.0. The second kappa shape index (κ2) is 6.81. The number of carbonyl (C=O) groups is 1. The number of amides is 1. The average molecular weight is 301 g/mol. The molecule has 5 nitrogen and oxygen atoms in total. The molecule has 1 heterocycles. The number of hydrogen-bond acceptors (Lipinski definition) is 4. The second-order valence-electron chi connectivity index (χ2n) is 5.11. The van der Waals surface area contributed by atoms with E-state index in [9.17, 15) is 4.79 Å². The zero-order valence-electron chi connectivity index (χ0n) is 11.9. The normalized spacial score (nSPS) is 15.4. The van der Waals surface area contributed by atoms with Crippen molar-refractivity contribution in [3.8, 4) is 11.5 Å². The van der Waals surface area contributed by atoms with Gasteiger partial charge in [0, 0.05) is 0 Å². The highest BCUT2D eigenvalue weighted by molar-refractivity contribution is 5.85. The second-order valence-corrected chi connectivity index (χ2v) is 5.11. The van der Waals surface area contributed by atoms with Gasteiger partial charge in [-0.3, -0.25) is 4.79 Å². The first-order valence-corrected chi connectivity index (χ1v) is 6.44. The third kappa shape index (κ3) is 3.55. The van der Waals surface area contributed by atoms with Gasteiger partial charge >= 0.3 is 0 Å². The van der Waals surface area contributed by atoms with Crippen molar-refractivity contribution in [2.24, 2.45) is 11.7 Å². The number of nitrogens with one attached hydrogen (secondary N) is 1. The summed E-state index contributed by atoms with van der Waals surface area (Å²) >= 11 is 0. The van der Waals surface area contributed by atoms with Crippen LogP contribution in [0.15, 0.2) is 18.2 Å². The van der Waals surface area contributed by atoms with Crippen LogP contribution in [0.1, 0.15) is 32.4 Å². The van der Waals surface area contributed by atoms with E-state index in [0.717, 1.165) is 11.3 Å². The van der Waals surface area contributed by atoms with Crippen molar-refractivity contribution < 1.29 is 14.3 Å². The summed E-state index contributed by atoms with van der Waals surface area (Å²) in [6.45, 7) is 6.02. The van der Waals surface area contributed by atoms with Crippen LogP contribution in [-0.2, 0) is 4.79 Å². The van der Waals surface area contributed by atoms with Crippen molar-refractivity contribution in [2.45, 2.75) is 32.9 Å². The summed E-state index contributed by atoms with van der Waals surface area (Å²) in [5.74, 6) is 1.43. The predicted molar refractivity (Wildman–Crippen MR) is 79.2 cm³/mol. The lowest BCUT2D eigenvalue weighted by molar-refractivity contribution is -0.123. The van der Waals surface area contributed by atoms with Crippen LogP contribution < -0.4 is 20.5 Å². The van der Waals surface area contributed by atoms with Crippen LogP contribution >= 0.6 is 12.4 Å². The molecule has 2 rings (SSSR count). The summed E-state index contributed by atoms with van der Waals surface area (Å²) in [6, 6.07) is 5.04. The summed E-state index contributed by atoms with van der Waals surface area (Å²) in [6.07, 6.45) is 0. The lowest BCUT2D eigenvalue weighted by Gasteiger charge is -2.20.